The molecule has 90 valence electrons. The maximum atomic E-state index is 3.52. The van der Waals surface area contributed by atoms with Crippen LogP contribution in [0, 0.1) is 13.8 Å². The van der Waals surface area contributed by atoms with Gasteiger partial charge in [-0.05, 0) is 45.4 Å². The largest absolute Gasteiger partial charge is 0.313 e. The Morgan fingerprint density at radius 3 is 2.75 bits per heavy atom. The molecule has 0 radical (unpaired) electrons. The van der Waals surface area contributed by atoms with Gasteiger partial charge >= 0.3 is 0 Å². The molecule has 1 aromatic carbocycles. The van der Waals surface area contributed by atoms with E-state index < -0.39 is 0 Å². The maximum Gasteiger partial charge on any atom is 0.0133 e. The third-order valence-corrected chi connectivity index (χ3v) is 3.99. The Labute approximate surface area is 104 Å². The van der Waals surface area contributed by atoms with Crippen LogP contribution in [0.25, 0.3) is 0 Å². The van der Waals surface area contributed by atoms with E-state index >= 15 is 0 Å². The summed E-state index contributed by atoms with van der Waals surface area (Å²) in [6.45, 7) is 9.92. The molecule has 1 unspecified atom stereocenters. The molecule has 1 atom stereocenters. The van der Waals surface area contributed by atoms with Crippen LogP contribution in [-0.2, 0) is 0 Å². The van der Waals surface area contributed by atoms with Crippen LogP contribution in [0.15, 0.2) is 23.1 Å². The average Bonchev–Trinajstić information content (AvgIpc) is 2.27. The molecule has 16 heavy (non-hydrogen) atoms. The molecule has 0 heterocycles. The predicted molar refractivity (Wildman–Crippen MR) is 74.4 cm³/mol. The highest BCUT2D eigenvalue weighted by atomic mass is 32.2. The fourth-order valence-corrected chi connectivity index (χ4v) is 2.64. The lowest BCUT2D eigenvalue weighted by atomic mass is 10.2. The summed E-state index contributed by atoms with van der Waals surface area (Å²) in [7, 11) is 0. The monoisotopic (exact) mass is 237 g/mol. The summed E-state index contributed by atoms with van der Waals surface area (Å²) < 4.78 is 0. The van der Waals surface area contributed by atoms with Crippen molar-refractivity contribution in [3.8, 4) is 0 Å². The van der Waals surface area contributed by atoms with E-state index in [0.29, 0.717) is 6.04 Å². The van der Waals surface area contributed by atoms with Gasteiger partial charge in [-0.15, -0.1) is 11.8 Å². The summed E-state index contributed by atoms with van der Waals surface area (Å²) in [5, 5.41) is 3.52. The van der Waals surface area contributed by atoms with Gasteiger partial charge in [0.2, 0.25) is 0 Å². The van der Waals surface area contributed by atoms with Gasteiger partial charge in [-0.25, -0.2) is 0 Å². The molecule has 0 saturated heterocycles. The molecule has 0 aliphatic rings. The molecule has 0 aliphatic heterocycles. The number of benzene rings is 1. The van der Waals surface area contributed by atoms with Gasteiger partial charge in [-0.1, -0.05) is 24.6 Å². The molecule has 1 rings (SSSR count). The van der Waals surface area contributed by atoms with Crippen molar-refractivity contribution in [2.45, 2.75) is 45.1 Å². The van der Waals surface area contributed by atoms with Crippen LogP contribution in [-0.4, -0.2) is 18.3 Å². The molecule has 1 aromatic rings. The van der Waals surface area contributed by atoms with Crippen molar-refractivity contribution in [2.75, 3.05) is 12.3 Å². The van der Waals surface area contributed by atoms with E-state index in [2.05, 4.69) is 51.2 Å². The number of nitrogens with one attached hydrogen (secondary N) is 1. The first-order valence-electron chi connectivity index (χ1n) is 6.07. The van der Waals surface area contributed by atoms with Gasteiger partial charge in [0.1, 0.15) is 0 Å². The van der Waals surface area contributed by atoms with Crippen molar-refractivity contribution in [1.82, 2.24) is 5.32 Å². The summed E-state index contributed by atoms with van der Waals surface area (Å²) in [6, 6.07) is 7.26. The van der Waals surface area contributed by atoms with Crippen molar-refractivity contribution in [3.63, 3.8) is 0 Å². The number of thioether (sulfide) groups is 1. The van der Waals surface area contributed by atoms with Crippen molar-refractivity contribution >= 4 is 11.8 Å². The van der Waals surface area contributed by atoms with Gasteiger partial charge in [-0.2, -0.15) is 0 Å². The highest BCUT2D eigenvalue weighted by Gasteiger charge is 2.04. The zero-order valence-electron chi connectivity index (χ0n) is 10.8. The minimum Gasteiger partial charge on any atom is -0.313 e. The lowest BCUT2D eigenvalue weighted by Crippen LogP contribution is -2.28. The lowest BCUT2D eigenvalue weighted by Gasteiger charge is -2.13. The molecular formula is C14H23NS. The molecular weight excluding hydrogens is 214 g/mol. The van der Waals surface area contributed by atoms with Crippen LogP contribution in [0.1, 0.15) is 31.4 Å². The Morgan fingerprint density at radius 2 is 2.06 bits per heavy atom. The zero-order valence-corrected chi connectivity index (χ0v) is 11.7. The Hall–Kier alpha value is -0.470. The van der Waals surface area contributed by atoms with Crippen LogP contribution < -0.4 is 5.32 Å². The second-order valence-corrected chi connectivity index (χ2v) is 5.50. The quantitative estimate of drug-likeness (QED) is 0.756. The average molecular weight is 237 g/mol. The Kier molecular flexibility index (Phi) is 5.93. The summed E-state index contributed by atoms with van der Waals surface area (Å²) in [5.41, 5.74) is 2.74. The van der Waals surface area contributed by atoms with Crippen molar-refractivity contribution in [3.05, 3.63) is 29.3 Å². The summed E-state index contributed by atoms with van der Waals surface area (Å²) in [5.74, 6) is 1.14. The van der Waals surface area contributed by atoms with Crippen molar-refractivity contribution in [2.24, 2.45) is 0 Å². The first-order valence-corrected chi connectivity index (χ1v) is 7.05. The molecule has 0 bridgehead atoms. The fraction of sp³-hybridized carbons (Fsp3) is 0.571. The van der Waals surface area contributed by atoms with Gasteiger partial charge in [0, 0.05) is 16.7 Å². The minimum atomic E-state index is 0.588. The number of hydrogen-bond donors (Lipinski definition) is 1. The molecule has 0 saturated carbocycles. The Bertz CT molecular complexity index is 323. The summed E-state index contributed by atoms with van der Waals surface area (Å²) in [4.78, 5) is 1.42. The molecule has 2 heteroatoms. The molecule has 0 aliphatic carbocycles. The SMILES string of the molecule is CCCNC(C)CSc1cc(C)ccc1C. The van der Waals surface area contributed by atoms with Crippen LogP contribution in [0.2, 0.25) is 0 Å². The minimum absolute atomic E-state index is 0.588. The molecule has 0 spiro atoms. The maximum absolute atomic E-state index is 3.52. The Balaban J connectivity index is 2.44. The number of aryl methyl sites for hydroxylation is 2. The summed E-state index contributed by atoms with van der Waals surface area (Å²) in [6.07, 6.45) is 1.21. The second kappa shape index (κ2) is 6.97. The highest BCUT2D eigenvalue weighted by molar-refractivity contribution is 7.99. The van der Waals surface area contributed by atoms with Crippen LogP contribution in [0.5, 0.6) is 0 Å². The van der Waals surface area contributed by atoms with E-state index in [1.54, 1.807) is 0 Å². The van der Waals surface area contributed by atoms with Crippen LogP contribution in [0.3, 0.4) is 0 Å². The van der Waals surface area contributed by atoms with E-state index in [9.17, 15) is 0 Å². The van der Waals surface area contributed by atoms with E-state index in [4.69, 9.17) is 0 Å². The van der Waals surface area contributed by atoms with Crippen LogP contribution >= 0.6 is 11.8 Å². The molecule has 1 N–H and O–H groups in total. The first-order chi connectivity index (χ1) is 7.63. The highest BCUT2D eigenvalue weighted by Crippen LogP contribution is 2.23. The van der Waals surface area contributed by atoms with E-state index in [0.717, 1.165) is 12.3 Å². The predicted octanol–water partition coefficient (Wildman–Crippen LogP) is 3.78. The van der Waals surface area contributed by atoms with Gasteiger partial charge in [0.05, 0.1) is 0 Å². The molecule has 1 nitrogen and oxygen atoms in total. The lowest BCUT2D eigenvalue weighted by molar-refractivity contribution is 0.590. The number of rotatable bonds is 6. The van der Waals surface area contributed by atoms with Gasteiger partial charge < -0.3 is 5.32 Å². The molecule has 0 amide bonds. The van der Waals surface area contributed by atoms with Crippen LogP contribution in [0.4, 0.5) is 0 Å². The first kappa shape index (κ1) is 13.6. The molecule has 0 fully saturated rings. The van der Waals surface area contributed by atoms with Crippen molar-refractivity contribution < 1.29 is 0 Å². The third kappa shape index (κ3) is 4.58. The zero-order chi connectivity index (χ0) is 12.0. The van der Waals surface area contributed by atoms with Gasteiger partial charge in [0.25, 0.3) is 0 Å². The summed E-state index contributed by atoms with van der Waals surface area (Å²) >= 11 is 1.96. The topological polar surface area (TPSA) is 12.0 Å². The normalized spacial score (nSPS) is 12.8. The van der Waals surface area contributed by atoms with Gasteiger partial charge in [0.15, 0.2) is 0 Å². The third-order valence-electron chi connectivity index (χ3n) is 2.58. The standard InChI is InChI=1S/C14H23NS/c1-5-8-15-13(4)10-16-14-9-11(2)6-7-12(14)3/h6-7,9,13,15H,5,8,10H2,1-4H3. The molecule has 0 aromatic heterocycles. The van der Waals surface area contributed by atoms with E-state index in [-0.39, 0.29) is 0 Å². The van der Waals surface area contributed by atoms with Crippen molar-refractivity contribution in [1.29, 1.82) is 0 Å². The van der Waals surface area contributed by atoms with E-state index in [1.807, 2.05) is 11.8 Å². The second-order valence-electron chi connectivity index (χ2n) is 4.44. The number of hydrogen-bond acceptors (Lipinski definition) is 2. The Morgan fingerprint density at radius 1 is 1.31 bits per heavy atom. The smallest absolute Gasteiger partial charge is 0.0133 e. The van der Waals surface area contributed by atoms with E-state index in [1.165, 1.54) is 22.4 Å². The van der Waals surface area contributed by atoms with Gasteiger partial charge in [-0.3, -0.25) is 0 Å². The fourth-order valence-electron chi connectivity index (χ4n) is 1.53.